The Bertz CT molecular complexity index is 787. The van der Waals surface area contributed by atoms with E-state index in [1.165, 1.54) is 16.0 Å². The number of carbonyl (C=O) groups is 1. The van der Waals surface area contributed by atoms with Crippen molar-refractivity contribution >= 4 is 17.2 Å². The van der Waals surface area contributed by atoms with Crippen LogP contribution >= 0.6 is 11.3 Å². The standard InChI is InChI=1S/C15H16N4O3S/c20-14-4-9-2-1-3-10(9)18-19(14)13-6-22-5-11(13)17-15(21)12-7-23-8-16-12/h4,7-8,11,13H,1-3,5-6H2,(H,17,21). The van der Waals surface area contributed by atoms with Gasteiger partial charge in [0.2, 0.25) is 0 Å². The monoisotopic (exact) mass is 332 g/mol. The van der Waals surface area contributed by atoms with Gasteiger partial charge in [-0.25, -0.2) is 9.67 Å². The minimum absolute atomic E-state index is 0.131. The summed E-state index contributed by atoms with van der Waals surface area (Å²) in [4.78, 5) is 28.5. The SMILES string of the molecule is O=C(NC1COCC1n1nc2c(cc1=O)CCC2)c1cscn1. The number of carbonyl (C=O) groups excluding carboxylic acids is 1. The van der Waals surface area contributed by atoms with Gasteiger partial charge in [-0.1, -0.05) is 0 Å². The van der Waals surface area contributed by atoms with E-state index in [4.69, 9.17) is 4.74 Å². The van der Waals surface area contributed by atoms with Crippen LogP contribution < -0.4 is 10.9 Å². The van der Waals surface area contributed by atoms with Crippen LogP contribution in [0.2, 0.25) is 0 Å². The molecule has 7 nitrogen and oxygen atoms in total. The minimum Gasteiger partial charge on any atom is -0.377 e. The Hall–Kier alpha value is -2.06. The zero-order chi connectivity index (χ0) is 15.8. The zero-order valence-corrected chi connectivity index (χ0v) is 13.2. The van der Waals surface area contributed by atoms with Crippen molar-refractivity contribution in [2.45, 2.75) is 31.3 Å². The molecule has 1 N–H and O–H groups in total. The Morgan fingerprint density at radius 3 is 3.13 bits per heavy atom. The number of thiazole rings is 1. The molecule has 1 amide bonds. The summed E-state index contributed by atoms with van der Waals surface area (Å²) in [6, 6.07) is 1.11. The van der Waals surface area contributed by atoms with E-state index in [1.54, 1.807) is 17.0 Å². The number of aryl methyl sites for hydroxylation is 2. The van der Waals surface area contributed by atoms with Gasteiger partial charge in [0.25, 0.3) is 11.5 Å². The molecule has 1 saturated heterocycles. The van der Waals surface area contributed by atoms with Gasteiger partial charge in [-0.15, -0.1) is 11.3 Å². The maximum atomic E-state index is 12.3. The number of ether oxygens (including phenoxy) is 1. The van der Waals surface area contributed by atoms with Gasteiger partial charge in [0.1, 0.15) is 11.7 Å². The van der Waals surface area contributed by atoms with Crippen molar-refractivity contribution in [3.63, 3.8) is 0 Å². The maximum Gasteiger partial charge on any atom is 0.271 e. The number of amides is 1. The van der Waals surface area contributed by atoms with Gasteiger partial charge >= 0.3 is 0 Å². The lowest BCUT2D eigenvalue weighted by atomic mass is 10.1. The van der Waals surface area contributed by atoms with Crippen molar-refractivity contribution in [1.29, 1.82) is 0 Å². The average Bonchev–Trinajstić information content (AvgIpc) is 3.27. The van der Waals surface area contributed by atoms with Gasteiger partial charge in [0, 0.05) is 11.4 Å². The molecular formula is C15H16N4O3S. The van der Waals surface area contributed by atoms with E-state index in [1.807, 2.05) is 0 Å². The van der Waals surface area contributed by atoms with Crippen LogP contribution in [0.15, 0.2) is 21.8 Å². The fraction of sp³-hybridized carbons (Fsp3) is 0.467. The zero-order valence-electron chi connectivity index (χ0n) is 12.4. The molecule has 2 aromatic heterocycles. The van der Waals surface area contributed by atoms with Crippen LogP contribution in [0, 0.1) is 0 Å². The summed E-state index contributed by atoms with van der Waals surface area (Å²) in [6.45, 7) is 0.736. The molecule has 2 aromatic rings. The highest BCUT2D eigenvalue weighted by molar-refractivity contribution is 7.07. The highest BCUT2D eigenvalue weighted by atomic mass is 32.1. The van der Waals surface area contributed by atoms with Gasteiger partial charge in [-0.3, -0.25) is 9.59 Å². The molecule has 2 atom stereocenters. The number of hydrogen-bond acceptors (Lipinski definition) is 6. The number of fused-ring (bicyclic) bond motifs is 1. The first-order valence-electron chi connectivity index (χ1n) is 7.61. The molecule has 2 aliphatic rings. The van der Waals surface area contributed by atoms with Gasteiger partial charge < -0.3 is 10.1 Å². The molecule has 23 heavy (non-hydrogen) atoms. The van der Waals surface area contributed by atoms with Gasteiger partial charge in [-0.2, -0.15) is 5.10 Å². The van der Waals surface area contributed by atoms with Crippen LogP contribution in [0.1, 0.15) is 34.2 Å². The largest absolute Gasteiger partial charge is 0.377 e. The summed E-state index contributed by atoms with van der Waals surface area (Å²) in [5.41, 5.74) is 3.91. The summed E-state index contributed by atoms with van der Waals surface area (Å²) in [6.07, 6.45) is 2.86. The van der Waals surface area contributed by atoms with Crippen molar-refractivity contribution in [2.24, 2.45) is 0 Å². The molecule has 0 saturated carbocycles. The van der Waals surface area contributed by atoms with Crippen LogP contribution in [-0.4, -0.2) is 39.9 Å². The summed E-state index contributed by atoms with van der Waals surface area (Å²) in [5.74, 6) is -0.249. The van der Waals surface area contributed by atoms with Crippen LogP contribution in [0.3, 0.4) is 0 Å². The first kappa shape index (κ1) is 14.5. The molecule has 1 aliphatic carbocycles. The highest BCUT2D eigenvalue weighted by Crippen LogP contribution is 2.21. The van der Waals surface area contributed by atoms with Gasteiger partial charge in [0.15, 0.2) is 0 Å². The van der Waals surface area contributed by atoms with E-state index in [0.29, 0.717) is 18.9 Å². The smallest absolute Gasteiger partial charge is 0.271 e. The topological polar surface area (TPSA) is 86.1 Å². The molecule has 4 rings (SSSR count). The molecule has 0 spiro atoms. The molecule has 3 heterocycles. The van der Waals surface area contributed by atoms with Crippen LogP contribution in [0.25, 0.3) is 0 Å². The van der Waals surface area contributed by atoms with E-state index in [2.05, 4.69) is 15.4 Å². The lowest BCUT2D eigenvalue weighted by Gasteiger charge is -2.20. The normalized spacial score (nSPS) is 23.0. The summed E-state index contributed by atoms with van der Waals surface area (Å²) in [7, 11) is 0. The quantitative estimate of drug-likeness (QED) is 0.887. The molecular weight excluding hydrogens is 316 g/mol. The molecule has 1 fully saturated rings. The third-order valence-electron chi connectivity index (χ3n) is 4.33. The summed E-state index contributed by atoms with van der Waals surface area (Å²) < 4.78 is 6.96. The van der Waals surface area contributed by atoms with E-state index in [0.717, 1.165) is 30.5 Å². The molecule has 0 radical (unpaired) electrons. The van der Waals surface area contributed by atoms with Crippen molar-refractivity contribution in [1.82, 2.24) is 20.1 Å². The summed E-state index contributed by atoms with van der Waals surface area (Å²) >= 11 is 1.37. The van der Waals surface area contributed by atoms with Crippen LogP contribution in [-0.2, 0) is 17.6 Å². The summed E-state index contributed by atoms with van der Waals surface area (Å²) in [5, 5.41) is 9.11. The second-order valence-corrected chi connectivity index (χ2v) is 6.53. The maximum absolute atomic E-state index is 12.3. The lowest BCUT2D eigenvalue weighted by Crippen LogP contribution is -2.44. The van der Waals surface area contributed by atoms with Crippen molar-refractivity contribution in [3.8, 4) is 0 Å². The van der Waals surface area contributed by atoms with Crippen LogP contribution in [0.4, 0.5) is 0 Å². The van der Waals surface area contributed by atoms with Crippen LogP contribution in [0.5, 0.6) is 0 Å². The fourth-order valence-electron chi connectivity index (χ4n) is 3.14. The number of aromatic nitrogens is 3. The predicted octanol–water partition coefficient (Wildman–Crippen LogP) is 0.558. The lowest BCUT2D eigenvalue weighted by molar-refractivity contribution is 0.0920. The third-order valence-corrected chi connectivity index (χ3v) is 4.91. The molecule has 120 valence electrons. The molecule has 1 aliphatic heterocycles. The van der Waals surface area contributed by atoms with Crippen molar-refractivity contribution < 1.29 is 9.53 Å². The highest BCUT2D eigenvalue weighted by Gasteiger charge is 2.33. The molecule has 2 unspecified atom stereocenters. The Morgan fingerprint density at radius 1 is 1.39 bits per heavy atom. The Morgan fingerprint density at radius 2 is 2.30 bits per heavy atom. The Balaban J connectivity index is 1.58. The van der Waals surface area contributed by atoms with Crippen molar-refractivity contribution in [2.75, 3.05) is 13.2 Å². The van der Waals surface area contributed by atoms with E-state index in [9.17, 15) is 9.59 Å². The Kier molecular flexibility index (Phi) is 3.70. The van der Waals surface area contributed by atoms with Gasteiger partial charge in [-0.05, 0) is 24.8 Å². The molecule has 0 aromatic carbocycles. The third kappa shape index (κ3) is 2.68. The first-order valence-corrected chi connectivity index (χ1v) is 8.55. The van der Waals surface area contributed by atoms with Crippen molar-refractivity contribution in [3.05, 3.63) is 44.3 Å². The second-order valence-electron chi connectivity index (χ2n) is 5.81. The van der Waals surface area contributed by atoms with E-state index in [-0.39, 0.29) is 23.6 Å². The molecule has 0 bridgehead atoms. The fourth-order valence-corrected chi connectivity index (χ4v) is 3.67. The minimum atomic E-state index is -0.283. The number of hydrogen-bond donors (Lipinski definition) is 1. The second kappa shape index (κ2) is 5.86. The number of nitrogens with zero attached hydrogens (tertiary/aromatic N) is 3. The van der Waals surface area contributed by atoms with Gasteiger partial charge in [0.05, 0.1) is 30.5 Å². The number of nitrogens with one attached hydrogen (secondary N) is 1. The molecule has 8 heteroatoms. The first-order chi connectivity index (χ1) is 11.2. The van der Waals surface area contributed by atoms with E-state index < -0.39 is 0 Å². The van der Waals surface area contributed by atoms with E-state index >= 15 is 0 Å². The Labute approximate surface area is 136 Å². The number of rotatable bonds is 3. The average molecular weight is 332 g/mol. The predicted molar refractivity (Wildman–Crippen MR) is 83.7 cm³/mol.